The molecule has 1 nitrogen and oxygen atoms in total. The standard InChI is InChI=1S/C19H20O/c1-2-17-18(14-7-4-3-5-8-14)10-6-9-15-13-16(20)11-12-19(15)17/h3-5,7-8,11-13,20H,2,6,9-10H2,1H3. The molecule has 1 aliphatic carbocycles. The molecule has 0 fully saturated rings. The van der Waals surface area contributed by atoms with E-state index in [1.54, 1.807) is 0 Å². The van der Waals surface area contributed by atoms with Gasteiger partial charge in [0.25, 0.3) is 0 Å². The lowest BCUT2D eigenvalue weighted by atomic mass is 9.91. The van der Waals surface area contributed by atoms with Gasteiger partial charge in [0.1, 0.15) is 5.75 Å². The first-order chi connectivity index (χ1) is 9.79. The zero-order valence-electron chi connectivity index (χ0n) is 11.9. The van der Waals surface area contributed by atoms with Crippen LogP contribution in [0.1, 0.15) is 42.9 Å². The van der Waals surface area contributed by atoms with Crippen LogP contribution in [0.25, 0.3) is 11.1 Å². The molecule has 2 aromatic carbocycles. The van der Waals surface area contributed by atoms with Crippen molar-refractivity contribution in [2.75, 3.05) is 0 Å². The number of hydrogen-bond donors (Lipinski definition) is 1. The fraction of sp³-hybridized carbons (Fsp3) is 0.263. The lowest BCUT2D eigenvalue weighted by Crippen LogP contribution is -1.92. The van der Waals surface area contributed by atoms with Gasteiger partial charge in [-0.25, -0.2) is 0 Å². The molecule has 0 atom stereocenters. The van der Waals surface area contributed by atoms with Gasteiger partial charge in [0.05, 0.1) is 0 Å². The summed E-state index contributed by atoms with van der Waals surface area (Å²) in [5, 5.41) is 9.71. The molecule has 0 saturated carbocycles. The summed E-state index contributed by atoms with van der Waals surface area (Å²) in [6.45, 7) is 2.22. The molecular formula is C19H20O. The minimum atomic E-state index is 0.377. The second-order valence-electron chi connectivity index (χ2n) is 5.37. The van der Waals surface area contributed by atoms with Crippen molar-refractivity contribution in [3.8, 4) is 5.75 Å². The van der Waals surface area contributed by atoms with Gasteiger partial charge in [0.2, 0.25) is 0 Å². The van der Waals surface area contributed by atoms with Crippen molar-refractivity contribution in [2.45, 2.75) is 32.6 Å². The summed E-state index contributed by atoms with van der Waals surface area (Å²) < 4.78 is 0. The Kier molecular flexibility index (Phi) is 3.60. The van der Waals surface area contributed by atoms with Gasteiger partial charge < -0.3 is 5.11 Å². The highest BCUT2D eigenvalue weighted by Gasteiger charge is 2.17. The highest BCUT2D eigenvalue weighted by molar-refractivity contribution is 5.92. The number of allylic oxidation sites excluding steroid dienone is 2. The summed E-state index contributed by atoms with van der Waals surface area (Å²) in [7, 11) is 0. The Morgan fingerprint density at radius 3 is 2.55 bits per heavy atom. The van der Waals surface area contributed by atoms with Crippen molar-refractivity contribution in [1.29, 1.82) is 0 Å². The van der Waals surface area contributed by atoms with Gasteiger partial charge in [-0.15, -0.1) is 0 Å². The molecule has 0 aromatic heterocycles. The first-order valence-electron chi connectivity index (χ1n) is 7.39. The van der Waals surface area contributed by atoms with E-state index in [9.17, 15) is 5.11 Å². The Labute approximate surface area is 120 Å². The van der Waals surface area contributed by atoms with Gasteiger partial charge in [-0.2, -0.15) is 0 Å². The highest BCUT2D eigenvalue weighted by atomic mass is 16.3. The molecule has 0 bridgehead atoms. The quantitative estimate of drug-likeness (QED) is 0.804. The topological polar surface area (TPSA) is 20.2 Å². The van der Waals surface area contributed by atoms with E-state index in [2.05, 4.69) is 43.3 Å². The zero-order valence-corrected chi connectivity index (χ0v) is 11.9. The van der Waals surface area contributed by atoms with Crippen LogP contribution in [0, 0.1) is 0 Å². The van der Waals surface area contributed by atoms with E-state index in [4.69, 9.17) is 0 Å². The Morgan fingerprint density at radius 1 is 1.00 bits per heavy atom. The fourth-order valence-electron chi connectivity index (χ4n) is 3.21. The maximum Gasteiger partial charge on any atom is 0.115 e. The van der Waals surface area contributed by atoms with E-state index >= 15 is 0 Å². The minimum absolute atomic E-state index is 0.377. The summed E-state index contributed by atoms with van der Waals surface area (Å²) in [6.07, 6.45) is 4.33. The van der Waals surface area contributed by atoms with Gasteiger partial charge in [0, 0.05) is 0 Å². The monoisotopic (exact) mass is 264 g/mol. The average molecular weight is 264 g/mol. The van der Waals surface area contributed by atoms with Crippen LogP contribution in [0.15, 0.2) is 48.5 Å². The smallest absolute Gasteiger partial charge is 0.115 e. The lowest BCUT2D eigenvalue weighted by Gasteiger charge is -2.14. The lowest BCUT2D eigenvalue weighted by molar-refractivity contribution is 0.474. The van der Waals surface area contributed by atoms with Crippen LogP contribution in [-0.2, 0) is 6.42 Å². The average Bonchev–Trinajstić information content (AvgIpc) is 2.66. The summed E-state index contributed by atoms with van der Waals surface area (Å²) in [6, 6.07) is 16.5. The Bertz CT molecular complexity index is 638. The van der Waals surface area contributed by atoms with Crippen molar-refractivity contribution < 1.29 is 5.11 Å². The number of fused-ring (bicyclic) bond motifs is 1. The van der Waals surface area contributed by atoms with E-state index in [-0.39, 0.29) is 0 Å². The highest BCUT2D eigenvalue weighted by Crippen LogP contribution is 2.38. The van der Waals surface area contributed by atoms with Gasteiger partial charge in [-0.3, -0.25) is 0 Å². The Hall–Kier alpha value is -2.02. The number of hydrogen-bond acceptors (Lipinski definition) is 1. The van der Waals surface area contributed by atoms with Gasteiger partial charge >= 0.3 is 0 Å². The van der Waals surface area contributed by atoms with Crippen LogP contribution in [0.4, 0.5) is 0 Å². The molecular weight excluding hydrogens is 244 g/mol. The number of aromatic hydroxyl groups is 1. The third kappa shape index (κ3) is 2.36. The number of aryl methyl sites for hydroxylation is 1. The molecule has 0 spiro atoms. The number of phenolic OH excluding ortho intramolecular Hbond substituents is 1. The first kappa shape index (κ1) is 13.0. The predicted molar refractivity (Wildman–Crippen MR) is 84.6 cm³/mol. The molecule has 3 rings (SSSR count). The second-order valence-corrected chi connectivity index (χ2v) is 5.37. The van der Waals surface area contributed by atoms with Crippen LogP contribution in [0.3, 0.4) is 0 Å². The maximum absolute atomic E-state index is 9.71. The molecule has 0 radical (unpaired) electrons. The second kappa shape index (κ2) is 5.54. The van der Waals surface area contributed by atoms with E-state index in [1.807, 2.05) is 12.1 Å². The number of phenols is 1. The number of benzene rings is 2. The molecule has 0 heterocycles. The summed E-state index contributed by atoms with van der Waals surface area (Å²) >= 11 is 0. The summed E-state index contributed by atoms with van der Waals surface area (Å²) in [5.41, 5.74) is 6.85. The summed E-state index contributed by atoms with van der Waals surface area (Å²) in [5.74, 6) is 0.377. The third-order valence-corrected chi connectivity index (χ3v) is 4.13. The van der Waals surface area contributed by atoms with Crippen molar-refractivity contribution in [3.05, 3.63) is 65.2 Å². The molecule has 1 heteroatoms. The van der Waals surface area contributed by atoms with Crippen molar-refractivity contribution in [2.24, 2.45) is 0 Å². The predicted octanol–water partition coefficient (Wildman–Crippen LogP) is 5.05. The summed E-state index contributed by atoms with van der Waals surface area (Å²) in [4.78, 5) is 0. The molecule has 0 unspecified atom stereocenters. The first-order valence-corrected chi connectivity index (χ1v) is 7.39. The normalized spacial score (nSPS) is 14.8. The van der Waals surface area contributed by atoms with Crippen molar-refractivity contribution in [3.63, 3.8) is 0 Å². The van der Waals surface area contributed by atoms with Crippen molar-refractivity contribution >= 4 is 11.1 Å². The Balaban J connectivity index is 2.18. The van der Waals surface area contributed by atoms with Crippen LogP contribution in [-0.4, -0.2) is 5.11 Å². The Morgan fingerprint density at radius 2 is 1.80 bits per heavy atom. The SMILES string of the molecule is CCC1=C(c2ccccc2)CCCc2cc(O)ccc21. The van der Waals surface area contributed by atoms with Crippen molar-refractivity contribution in [1.82, 2.24) is 0 Å². The molecule has 0 amide bonds. The fourth-order valence-corrected chi connectivity index (χ4v) is 3.21. The van der Waals surface area contributed by atoms with Gasteiger partial charge in [0.15, 0.2) is 0 Å². The minimum Gasteiger partial charge on any atom is -0.508 e. The van der Waals surface area contributed by atoms with E-state index in [0.29, 0.717) is 5.75 Å². The van der Waals surface area contributed by atoms with Crippen LogP contribution in [0.2, 0.25) is 0 Å². The molecule has 0 saturated heterocycles. The van der Waals surface area contributed by atoms with Crippen LogP contribution in [0.5, 0.6) is 5.75 Å². The maximum atomic E-state index is 9.71. The molecule has 1 aliphatic rings. The zero-order chi connectivity index (χ0) is 13.9. The van der Waals surface area contributed by atoms with E-state index in [1.165, 1.54) is 27.8 Å². The molecule has 2 aromatic rings. The molecule has 102 valence electrons. The molecule has 0 aliphatic heterocycles. The largest absolute Gasteiger partial charge is 0.508 e. The molecule has 20 heavy (non-hydrogen) atoms. The molecule has 1 N–H and O–H groups in total. The van der Waals surface area contributed by atoms with Crippen LogP contribution < -0.4 is 0 Å². The van der Waals surface area contributed by atoms with E-state index in [0.717, 1.165) is 25.7 Å². The van der Waals surface area contributed by atoms with E-state index < -0.39 is 0 Å². The van der Waals surface area contributed by atoms with Gasteiger partial charge in [-0.1, -0.05) is 43.3 Å². The van der Waals surface area contributed by atoms with Crippen LogP contribution >= 0.6 is 0 Å². The third-order valence-electron chi connectivity index (χ3n) is 4.13. The number of rotatable bonds is 2. The van der Waals surface area contributed by atoms with Gasteiger partial charge in [-0.05, 0) is 65.7 Å².